The second kappa shape index (κ2) is 8.09. The molecule has 0 aliphatic carbocycles. The van der Waals surface area contributed by atoms with Gasteiger partial charge in [0.05, 0.1) is 21.9 Å². The van der Waals surface area contributed by atoms with Crippen LogP contribution < -0.4 is 16.6 Å². The van der Waals surface area contributed by atoms with Gasteiger partial charge in [0.25, 0.3) is 5.56 Å². The molecule has 0 atom stereocenters. The summed E-state index contributed by atoms with van der Waals surface area (Å²) in [7, 11) is 0. The number of rotatable bonds is 4. The minimum absolute atomic E-state index is 0.00767. The van der Waals surface area contributed by atoms with Gasteiger partial charge in [0.15, 0.2) is 0 Å². The Balaban J connectivity index is 1.81. The molecule has 1 amide bonds. The third-order valence-electron chi connectivity index (χ3n) is 4.66. The van der Waals surface area contributed by atoms with Crippen LogP contribution in [0.3, 0.4) is 0 Å². The van der Waals surface area contributed by atoms with Crippen molar-refractivity contribution in [3.63, 3.8) is 0 Å². The maximum Gasteiger partial charge on any atom is 0.336 e. The van der Waals surface area contributed by atoms with Gasteiger partial charge >= 0.3 is 5.69 Å². The summed E-state index contributed by atoms with van der Waals surface area (Å²) in [4.78, 5) is 38.8. The van der Waals surface area contributed by atoms with Gasteiger partial charge in [-0.25, -0.2) is 18.1 Å². The number of amides is 1. The Morgan fingerprint density at radius 1 is 1.10 bits per heavy atom. The zero-order valence-electron chi connectivity index (χ0n) is 16.0. The fourth-order valence-electron chi connectivity index (χ4n) is 3.25. The summed E-state index contributed by atoms with van der Waals surface area (Å²) in [5, 5.41) is 4.18. The lowest BCUT2D eigenvalue weighted by molar-refractivity contribution is -0.116. The molecule has 0 radical (unpaired) electrons. The van der Waals surface area contributed by atoms with E-state index in [1.54, 1.807) is 18.4 Å². The molecular formula is C21H14ClF2N3O3S. The smallest absolute Gasteiger partial charge is 0.323 e. The van der Waals surface area contributed by atoms with E-state index in [4.69, 9.17) is 11.6 Å². The van der Waals surface area contributed by atoms with E-state index in [9.17, 15) is 23.2 Å². The number of nitrogens with zero attached hydrogens (tertiary/aromatic N) is 2. The van der Waals surface area contributed by atoms with Crippen LogP contribution in [0.25, 0.3) is 15.9 Å². The van der Waals surface area contributed by atoms with Gasteiger partial charge in [-0.15, -0.1) is 11.3 Å². The highest BCUT2D eigenvalue weighted by Gasteiger charge is 2.19. The van der Waals surface area contributed by atoms with Crippen LogP contribution in [0.1, 0.15) is 5.56 Å². The first-order valence-corrected chi connectivity index (χ1v) is 10.3. The van der Waals surface area contributed by atoms with Crippen LogP contribution in [0.15, 0.2) is 57.4 Å². The van der Waals surface area contributed by atoms with E-state index in [0.717, 1.165) is 38.7 Å². The Bertz CT molecular complexity index is 1460. The minimum atomic E-state index is -0.744. The number of benzene rings is 2. The first kappa shape index (κ1) is 21.0. The van der Waals surface area contributed by atoms with E-state index in [0.29, 0.717) is 11.1 Å². The molecule has 0 saturated carbocycles. The predicted molar refractivity (Wildman–Crippen MR) is 116 cm³/mol. The third-order valence-corrected chi connectivity index (χ3v) is 5.87. The molecule has 0 unspecified atom stereocenters. The van der Waals surface area contributed by atoms with Crippen LogP contribution >= 0.6 is 22.9 Å². The monoisotopic (exact) mass is 461 g/mol. The van der Waals surface area contributed by atoms with Crippen LogP contribution in [0.2, 0.25) is 5.02 Å². The van der Waals surface area contributed by atoms with E-state index < -0.39 is 35.3 Å². The third kappa shape index (κ3) is 3.89. The molecule has 2 aromatic heterocycles. The van der Waals surface area contributed by atoms with Crippen molar-refractivity contribution in [2.24, 2.45) is 0 Å². The number of anilines is 1. The summed E-state index contributed by atoms with van der Waals surface area (Å²) in [6, 6.07) is 8.79. The van der Waals surface area contributed by atoms with Gasteiger partial charge in [-0.2, -0.15) is 0 Å². The summed E-state index contributed by atoms with van der Waals surface area (Å²) < 4.78 is 29.1. The quantitative estimate of drug-likeness (QED) is 0.497. The fraction of sp³-hybridized carbons (Fsp3) is 0.0952. The van der Waals surface area contributed by atoms with Crippen LogP contribution in [0.5, 0.6) is 0 Å². The Kier molecular flexibility index (Phi) is 5.47. The average molecular weight is 462 g/mol. The number of halogens is 3. The van der Waals surface area contributed by atoms with Crippen LogP contribution in [0.4, 0.5) is 14.5 Å². The summed E-state index contributed by atoms with van der Waals surface area (Å²) in [6.07, 6.45) is 0. The second-order valence-corrected chi connectivity index (χ2v) is 8.07. The first-order chi connectivity index (χ1) is 14.8. The number of aryl methyl sites for hydroxylation is 1. The Hall–Kier alpha value is -3.30. The van der Waals surface area contributed by atoms with E-state index >= 15 is 0 Å². The van der Waals surface area contributed by atoms with Crippen LogP contribution in [-0.4, -0.2) is 15.0 Å². The molecule has 6 nitrogen and oxygen atoms in total. The zero-order chi connectivity index (χ0) is 22.3. The normalized spacial score (nSPS) is 11.1. The molecule has 0 aliphatic rings. The van der Waals surface area contributed by atoms with Crippen molar-refractivity contribution in [2.75, 3.05) is 5.32 Å². The molecule has 158 valence electrons. The topological polar surface area (TPSA) is 73.1 Å². The standard InChI is InChI=1S/C21H14ClF2N3O3S/c1-11-8-12(23)3-5-16(11)27-20(29)19-17(6-7-31-19)26(21(27)30)10-18(28)25-15-4-2-13(24)9-14(15)22/h2-9H,10H2,1H3,(H,25,28). The molecule has 0 fully saturated rings. The van der Waals surface area contributed by atoms with Crippen molar-refractivity contribution in [1.82, 2.24) is 9.13 Å². The SMILES string of the molecule is Cc1cc(F)ccc1-n1c(=O)c2sccc2n(CC(=O)Nc2ccc(F)cc2Cl)c1=O. The summed E-state index contributed by atoms with van der Waals surface area (Å²) in [5.41, 5.74) is -0.192. The van der Waals surface area contributed by atoms with Crippen molar-refractivity contribution in [1.29, 1.82) is 0 Å². The molecule has 31 heavy (non-hydrogen) atoms. The van der Waals surface area contributed by atoms with E-state index in [1.807, 2.05) is 0 Å². The van der Waals surface area contributed by atoms with Gasteiger partial charge in [-0.3, -0.25) is 14.2 Å². The summed E-state index contributed by atoms with van der Waals surface area (Å²) >= 11 is 7.07. The molecule has 4 aromatic rings. The van der Waals surface area contributed by atoms with E-state index in [2.05, 4.69) is 5.32 Å². The van der Waals surface area contributed by atoms with Crippen LogP contribution in [-0.2, 0) is 11.3 Å². The Morgan fingerprint density at radius 3 is 2.52 bits per heavy atom. The van der Waals surface area contributed by atoms with Gasteiger partial charge in [0, 0.05) is 0 Å². The lowest BCUT2D eigenvalue weighted by atomic mass is 10.2. The molecular weight excluding hydrogens is 448 g/mol. The van der Waals surface area contributed by atoms with Crippen molar-refractivity contribution in [2.45, 2.75) is 13.5 Å². The maximum atomic E-state index is 13.5. The number of hydrogen-bond acceptors (Lipinski definition) is 4. The number of fused-ring (bicyclic) bond motifs is 1. The molecule has 0 spiro atoms. The zero-order valence-corrected chi connectivity index (χ0v) is 17.6. The highest BCUT2D eigenvalue weighted by molar-refractivity contribution is 7.17. The largest absolute Gasteiger partial charge is 0.336 e. The van der Waals surface area contributed by atoms with Gasteiger partial charge in [0.1, 0.15) is 22.9 Å². The molecule has 2 heterocycles. The Morgan fingerprint density at radius 2 is 1.81 bits per heavy atom. The lowest BCUT2D eigenvalue weighted by Gasteiger charge is -2.14. The van der Waals surface area contributed by atoms with Crippen molar-refractivity contribution in [3.8, 4) is 5.69 Å². The number of hydrogen-bond donors (Lipinski definition) is 1. The van der Waals surface area contributed by atoms with E-state index in [1.165, 1.54) is 18.2 Å². The minimum Gasteiger partial charge on any atom is -0.323 e. The molecule has 4 rings (SSSR count). The van der Waals surface area contributed by atoms with Crippen LogP contribution in [0, 0.1) is 18.6 Å². The van der Waals surface area contributed by atoms with Crippen molar-refractivity contribution >= 4 is 44.7 Å². The molecule has 0 aliphatic heterocycles. The van der Waals surface area contributed by atoms with Gasteiger partial charge < -0.3 is 5.32 Å². The lowest BCUT2D eigenvalue weighted by Crippen LogP contribution is -2.40. The highest BCUT2D eigenvalue weighted by Crippen LogP contribution is 2.23. The maximum absolute atomic E-state index is 13.5. The summed E-state index contributed by atoms with van der Waals surface area (Å²) in [5.74, 6) is -1.65. The molecule has 0 saturated heterocycles. The number of thiophene rings is 1. The molecule has 1 N–H and O–H groups in total. The van der Waals surface area contributed by atoms with E-state index in [-0.39, 0.29) is 21.1 Å². The van der Waals surface area contributed by atoms with Crippen molar-refractivity contribution < 1.29 is 13.6 Å². The molecule has 0 bridgehead atoms. The number of carbonyl (C=O) groups is 1. The van der Waals surface area contributed by atoms with Gasteiger partial charge in [-0.05, 0) is 60.3 Å². The number of carbonyl (C=O) groups excluding carboxylic acids is 1. The number of aromatic nitrogens is 2. The predicted octanol–water partition coefficient (Wildman–Crippen LogP) is 4.09. The number of nitrogens with one attached hydrogen (secondary N) is 1. The second-order valence-electron chi connectivity index (χ2n) is 6.75. The Labute approximate surface area is 182 Å². The van der Waals surface area contributed by atoms with Crippen molar-refractivity contribution in [3.05, 3.63) is 90.9 Å². The first-order valence-electron chi connectivity index (χ1n) is 9.01. The highest BCUT2D eigenvalue weighted by atomic mass is 35.5. The fourth-order valence-corrected chi connectivity index (χ4v) is 4.29. The average Bonchev–Trinajstić information content (AvgIpc) is 3.19. The summed E-state index contributed by atoms with van der Waals surface area (Å²) in [6.45, 7) is 1.16. The van der Waals surface area contributed by atoms with Gasteiger partial charge in [0.2, 0.25) is 5.91 Å². The van der Waals surface area contributed by atoms with Gasteiger partial charge in [-0.1, -0.05) is 11.6 Å². The molecule has 2 aromatic carbocycles. The molecule has 10 heteroatoms.